The van der Waals surface area contributed by atoms with Crippen LogP contribution in [0.15, 0.2) is 23.6 Å². The highest BCUT2D eigenvalue weighted by atomic mass is 32.2. The summed E-state index contributed by atoms with van der Waals surface area (Å²) in [5, 5.41) is 13.9. The molecule has 5 heteroatoms. The lowest BCUT2D eigenvalue weighted by molar-refractivity contribution is 0.154. The van der Waals surface area contributed by atoms with Gasteiger partial charge in [0.2, 0.25) is 0 Å². The average molecular weight is 283 g/mol. The van der Waals surface area contributed by atoms with Gasteiger partial charge in [-0.3, -0.25) is 4.98 Å². The third-order valence-electron chi connectivity index (χ3n) is 2.90. The monoisotopic (exact) mass is 283 g/mol. The largest absolute Gasteiger partial charge is 0.394 e. The van der Waals surface area contributed by atoms with Gasteiger partial charge in [-0.05, 0) is 25.5 Å². The summed E-state index contributed by atoms with van der Waals surface area (Å²) in [6.45, 7) is 6.49. The molecule has 1 aromatic heterocycles. The zero-order valence-electron chi connectivity index (χ0n) is 12.1. The highest BCUT2D eigenvalue weighted by Gasteiger charge is 2.22. The van der Waals surface area contributed by atoms with Crippen molar-refractivity contribution in [1.82, 2.24) is 15.3 Å². The predicted octanol–water partition coefficient (Wildman–Crippen LogP) is 2.49. The van der Waals surface area contributed by atoms with Crippen molar-refractivity contribution in [2.45, 2.75) is 56.6 Å². The van der Waals surface area contributed by atoms with E-state index < -0.39 is 0 Å². The third kappa shape index (κ3) is 6.89. The van der Waals surface area contributed by atoms with E-state index in [0.717, 1.165) is 30.0 Å². The van der Waals surface area contributed by atoms with Crippen molar-refractivity contribution in [3.05, 3.63) is 18.6 Å². The van der Waals surface area contributed by atoms with Crippen molar-refractivity contribution in [3.8, 4) is 0 Å². The maximum absolute atomic E-state index is 9.48. The molecule has 0 saturated carbocycles. The molecule has 19 heavy (non-hydrogen) atoms. The van der Waals surface area contributed by atoms with E-state index in [4.69, 9.17) is 0 Å². The summed E-state index contributed by atoms with van der Waals surface area (Å²) in [4.78, 5) is 8.27. The van der Waals surface area contributed by atoms with Crippen molar-refractivity contribution >= 4 is 11.8 Å². The molecule has 1 aromatic rings. The summed E-state index contributed by atoms with van der Waals surface area (Å²) in [5.74, 6) is 1.04. The van der Waals surface area contributed by atoms with Gasteiger partial charge in [0.25, 0.3) is 0 Å². The number of unbranched alkanes of at least 4 members (excludes halogenated alkanes) is 1. The van der Waals surface area contributed by atoms with Crippen LogP contribution < -0.4 is 5.32 Å². The summed E-state index contributed by atoms with van der Waals surface area (Å²) >= 11 is 1.74. The van der Waals surface area contributed by atoms with Crippen LogP contribution in [0, 0.1) is 0 Å². The van der Waals surface area contributed by atoms with Crippen molar-refractivity contribution in [1.29, 1.82) is 0 Å². The number of nitrogens with one attached hydrogen (secondary N) is 1. The Hall–Kier alpha value is -0.650. The highest BCUT2D eigenvalue weighted by molar-refractivity contribution is 7.99. The molecule has 0 spiro atoms. The van der Waals surface area contributed by atoms with E-state index in [1.807, 2.05) is 0 Å². The van der Waals surface area contributed by atoms with E-state index in [1.165, 1.54) is 0 Å². The Balaban J connectivity index is 2.19. The van der Waals surface area contributed by atoms with E-state index in [1.54, 1.807) is 30.4 Å². The zero-order chi connectivity index (χ0) is 14.1. The Morgan fingerprint density at radius 1 is 1.37 bits per heavy atom. The maximum atomic E-state index is 9.48. The first-order chi connectivity index (χ1) is 9.06. The van der Waals surface area contributed by atoms with Crippen molar-refractivity contribution in [3.63, 3.8) is 0 Å². The zero-order valence-corrected chi connectivity index (χ0v) is 12.9. The van der Waals surface area contributed by atoms with Crippen LogP contribution >= 0.6 is 11.8 Å². The molecule has 0 saturated heterocycles. The molecular weight excluding hydrogens is 258 g/mol. The molecule has 0 amide bonds. The minimum Gasteiger partial charge on any atom is -0.394 e. The third-order valence-corrected chi connectivity index (χ3v) is 3.90. The molecule has 0 radical (unpaired) electrons. The van der Waals surface area contributed by atoms with Crippen LogP contribution in [-0.2, 0) is 0 Å². The lowest BCUT2D eigenvalue weighted by Crippen LogP contribution is -2.49. The first-order valence-corrected chi connectivity index (χ1v) is 7.82. The van der Waals surface area contributed by atoms with Gasteiger partial charge in [-0.2, -0.15) is 0 Å². The van der Waals surface area contributed by atoms with Gasteiger partial charge in [0.15, 0.2) is 0 Å². The SMILES string of the molecule is CC(C)NC(C)(CO)CCCCSc1cnccn1. The molecule has 2 N–H and O–H groups in total. The van der Waals surface area contributed by atoms with Gasteiger partial charge in [-0.15, -0.1) is 11.8 Å². The van der Waals surface area contributed by atoms with Gasteiger partial charge in [0.05, 0.1) is 12.8 Å². The molecule has 108 valence electrons. The van der Waals surface area contributed by atoms with Crippen molar-refractivity contribution < 1.29 is 5.11 Å². The number of thioether (sulfide) groups is 1. The fraction of sp³-hybridized carbons (Fsp3) is 0.714. The second-order valence-electron chi connectivity index (χ2n) is 5.37. The Kier molecular flexibility index (Phi) is 7.34. The first kappa shape index (κ1) is 16.4. The molecule has 0 aliphatic rings. The highest BCUT2D eigenvalue weighted by Crippen LogP contribution is 2.19. The molecule has 0 aromatic carbocycles. The topological polar surface area (TPSA) is 58.0 Å². The molecule has 4 nitrogen and oxygen atoms in total. The van der Waals surface area contributed by atoms with Gasteiger partial charge >= 0.3 is 0 Å². The van der Waals surface area contributed by atoms with Gasteiger partial charge in [0, 0.05) is 24.0 Å². The Morgan fingerprint density at radius 2 is 2.16 bits per heavy atom. The van der Waals surface area contributed by atoms with E-state index in [-0.39, 0.29) is 12.1 Å². The molecule has 1 atom stereocenters. The van der Waals surface area contributed by atoms with Crippen LogP contribution in [-0.4, -0.2) is 39.0 Å². The van der Waals surface area contributed by atoms with Crippen molar-refractivity contribution in [2.24, 2.45) is 0 Å². The summed E-state index contributed by atoms with van der Waals surface area (Å²) in [6.07, 6.45) is 8.41. The summed E-state index contributed by atoms with van der Waals surface area (Å²) in [5.41, 5.74) is -0.161. The molecule has 0 aliphatic carbocycles. The van der Waals surface area contributed by atoms with Gasteiger partial charge in [-0.1, -0.05) is 20.3 Å². The van der Waals surface area contributed by atoms with E-state index in [9.17, 15) is 5.11 Å². The number of hydrogen-bond acceptors (Lipinski definition) is 5. The van der Waals surface area contributed by atoms with Gasteiger partial charge in [-0.25, -0.2) is 4.98 Å². The van der Waals surface area contributed by atoms with Crippen LogP contribution in [0.1, 0.15) is 40.0 Å². The lowest BCUT2D eigenvalue weighted by Gasteiger charge is -2.31. The smallest absolute Gasteiger partial charge is 0.114 e. The molecule has 1 rings (SSSR count). The Labute approximate surface area is 120 Å². The summed E-state index contributed by atoms with van der Waals surface area (Å²) in [6, 6.07) is 0.395. The van der Waals surface area contributed by atoms with Crippen LogP contribution in [0.25, 0.3) is 0 Å². The van der Waals surface area contributed by atoms with Crippen LogP contribution in [0.5, 0.6) is 0 Å². The number of rotatable bonds is 9. The minimum atomic E-state index is -0.161. The molecule has 0 aliphatic heterocycles. The molecule has 1 heterocycles. The summed E-state index contributed by atoms with van der Waals surface area (Å²) in [7, 11) is 0. The Morgan fingerprint density at radius 3 is 2.74 bits per heavy atom. The minimum absolute atomic E-state index is 0.161. The van der Waals surface area contributed by atoms with Crippen LogP contribution in [0.3, 0.4) is 0 Å². The maximum Gasteiger partial charge on any atom is 0.114 e. The van der Waals surface area contributed by atoms with Crippen LogP contribution in [0.2, 0.25) is 0 Å². The quantitative estimate of drug-likeness (QED) is 0.538. The number of aliphatic hydroxyl groups excluding tert-OH is 1. The number of nitrogens with zero attached hydrogens (tertiary/aromatic N) is 2. The number of hydrogen-bond donors (Lipinski definition) is 2. The summed E-state index contributed by atoms with van der Waals surface area (Å²) < 4.78 is 0. The van der Waals surface area contributed by atoms with Gasteiger partial charge < -0.3 is 10.4 Å². The average Bonchev–Trinajstić information content (AvgIpc) is 2.39. The molecule has 1 unspecified atom stereocenters. The lowest BCUT2D eigenvalue weighted by atomic mass is 9.95. The first-order valence-electron chi connectivity index (χ1n) is 6.83. The number of aromatic nitrogens is 2. The predicted molar refractivity (Wildman–Crippen MR) is 80.4 cm³/mol. The van der Waals surface area contributed by atoms with Gasteiger partial charge in [0.1, 0.15) is 5.03 Å². The standard InChI is InChI=1S/C14H25N3OS/c1-12(2)17-14(3,11-18)6-4-5-9-19-13-10-15-7-8-16-13/h7-8,10,12,17-18H,4-6,9,11H2,1-3H3. The van der Waals surface area contributed by atoms with E-state index >= 15 is 0 Å². The second kappa shape index (κ2) is 8.51. The van der Waals surface area contributed by atoms with Crippen molar-refractivity contribution in [2.75, 3.05) is 12.4 Å². The normalized spacial score (nSPS) is 14.6. The second-order valence-corrected chi connectivity index (χ2v) is 6.48. The molecular formula is C14H25N3OS. The fourth-order valence-electron chi connectivity index (χ4n) is 2.05. The molecule has 0 bridgehead atoms. The number of aliphatic hydroxyl groups is 1. The fourth-order valence-corrected chi connectivity index (χ4v) is 2.88. The van der Waals surface area contributed by atoms with E-state index in [2.05, 4.69) is 36.1 Å². The molecule has 0 fully saturated rings. The van der Waals surface area contributed by atoms with Crippen LogP contribution in [0.4, 0.5) is 0 Å². The Bertz CT molecular complexity index is 348. The van der Waals surface area contributed by atoms with E-state index in [0.29, 0.717) is 6.04 Å².